The maximum atomic E-state index is 4.23. The number of rotatable bonds is 1. The summed E-state index contributed by atoms with van der Waals surface area (Å²) in [7, 11) is 0. The van der Waals surface area contributed by atoms with E-state index in [0.29, 0.717) is 5.54 Å². The van der Waals surface area contributed by atoms with E-state index in [4.69, 9.17) is 0 Å². The fourth-order valence-electron chi connectivity index (χ4n) is 3.28. The van der Waals surface area contributed by atoms with Crippen molar-refractivity contribution < 1.29 is 0 Å². The molecule has 1 aliphatic heterocycles. The van der Waals surface area contributed by atoms with Gasteiger partial charge in [0.25, 0.3) is 0 Å². The molecule has 92 valence electrons. The van der Waals surface area contributed by atoms with Crippen LogP contribution in [0.1, 0.15) is 32.1 Å². The second-order valence-electron chi connectivity index (χ2n) is 5.40. The summed E-state index contributed by atoms with van der Waals surface area (Å²) in [4.78, 5) is 6.73. The molecular weight excluding hydrogens is 210 g/mol. The number of nitrogens with one attached hydrogen (secondary N) is 1. The zero-order valence-electron chi connectivity index (χ0n) is 10.4. The van der Waals surface area contributed by atoms with E-state index in [2.05, 4.69) is 21.3 Å². The quantitative estimate of drug-likeness (QED) is 0.803. The van der Waals surface area contributed by atoms with Crippen LogP contribution in [0.3, 0.4) is 0 Å². The average Bonchev–Trinajstić information content (AvgIpc) is 2.41. The van der Waals surface area contributed by atoms with Gasteiger partial charge in [-0.1, -0.05) is 19.3 Å². The molecule has 3 nitrogen and oxygen atoms in total. The Kier molecular flexibility index (Phi) is 3.02. The molecule has 1 aliphatic carbocycles. The number of hydrogen-bond donors (Lipinski definition) is 1. The second-order valence-corrected chi connectivity index (χ2v) is 5.40. The van der Waals surface area contributed by atoms with Crippen molar-refractivity contribution in [3.8, 4) is 0 Å². The number of aromatic nitrogens is 1. The first-order valence-electron chi connectivity index (χ1n) is 6.78. The summed E-state index contributed by atoms with van der Waals surface area (Å²) in [6, 6.07) is 4.21. The normalized spacial score (nSPS) is 23.9. The summed E-state index contributed by atoms with van der Waals surface area (Å²) in [6.45, 7) is 3.36. The number of hydrogen-bond acceptors (Lipinski definition) is 3. The van der Waals surface area contributed by atoms with Gasteiger partial charge in [-0.15, -0.1) is 0 Å². The third-order valence-electron chi connectivity index (χ3n) is 4.20. The first kappa shape index (κ1) is 11.0. The summed E-state index contributed by atoms with van der Waals surface area (Å²) in [5.41, 5.74) is 1.66. The van der Waals surface area contributed by atoms with Crippen molar-refractivity contribution in [3.63, 3.8) is 0 Å². The van der Waals surface area contributed by atoms with Crippen molar-refractivity contribution in [2.45, 2.75) is 37.6 Å². The highest BCUT2D eigenvalue weighted by Crippen LogP contribution is 2.31. The van der Waals surface area contributed by atoms with Gasteiger partial charge in [-0.25, -0.2) is 0 Å². The molecule has 3 rings (SSSR count). The Balaban J connectivity index is 1.75. The van der Waals surface area contributed by atoms with E-state index >= 15 is 0 Å². The van der Waals surface area contributed by atoms with Crippen LogP contribution in [-0.4, -0.2) is 30.2 Å². The van der Waals surface area contributed by atoms with E-state index < -0.39 is 0 Å². The molecule has 1 saturated carbocycles. The molecule has 1 spiro atoms. The summed E-state index contributed by atoms with van der Waals surface area (Å²) < 4.78 is 0. The van der Waals surface area contributed by atoms with Gasteiger partial charge in [-0.3, -0.25) is 4.98 Å². The molecule has 2 fully saturated rings. The van der Waals surface area contributed by atoms with Gasteiger partial charge >= 0.3 is 0 Å². The zero-order chi connectivity index (χ0) is 11.6. The molecular formula is C14H21N3. The number of nitrogens with zero attached hydrogens (tertiary/aromatic N) is 2. The maximum Gasteiger partial charge on any atom is 0.0553 e. The van der Waals surface area contributed by atoms with Gasteiger partial charge in [0.2, 0.25) is 0 Å². The SMILES string of the molecule is c1cncc(N2CCNC3(CCCCC3)C2)c1. The van der Waals surface area contributed by atoms with Crippen LogP contribution in [0.4, 0.5) is 5.69 Å². The smallest absolute Gasteiger partial charge is 0.0553 e. The number of piperazine rings is 1. The standard InChI is InChI=1S/C14H21N3/c1-2-6-14(7-3-1)12-17(10-9-16-14)13-5-4-8-15-11-13/h4-5,8,11,16H,1-3,6-7,9-10,12H2. The molecule has 1 aromatic heterocycles. The van der Waals surface area contributed by atoms with Crippen LogP contribution in [0, 0.1) is 0 Å². The summed E-state index contributed by atoms with van der Waals surface area (Å²) in [5.74, 6) is 0. The van der Waals surface area contributed by atoms with Crippen LogP contribution >= 0.6 is 0 Å². The van der Waals surface area contributed by atoms with Gasteiger partial charge in [-0.2, -0.15) is 0 Å². The van der Waals surface area contributed by atoms with E-state index in [1.807, 2.05) is 18.5 Å². The first-order valence-corrected chi connectivity index (χ1v) is 6.78. The molecule has 0 unspecified atom stereocenters. The Morgan fingerprint density at radius 2 is 2.12 bits per heavy atom. The molecule has 0 bridgehead atoms. The van der Waals surface area contributed by atoms with Crippen LogP contribution in [0.2, 0.25) is 0 Å². The average molecular weight is 231 g/mol. The highest BCUT2D eigenvalue weighted by Gasteiger charge is 2.36. The van der Waals surface area contributed by atoms with Crippen molar-refractivity contribution in [1.29, 1.82) is 0 Å². The Hall–Kier alpha value is -1.09. The molecule has 0 aromatic carbocycles. The number of anilines is 1. The Bertz CT molecular complexity index is 351. The van der Waals surface area contributed by atoms with Crippen molar-refractivity contribution in [3.05, 3.63) is 24.5 Å². The van der Waals surface area contributed by atoms with Gasteiger partial charge in [0, 0.05) is 31.4 Å². The second kappa shape index (κ2) is 4.65. The lowest BCUT2D eigenvalue weighted by Gasteiger charge is -2.46. The Labute approximate surface area is 103 Å². The lowest BCUT2D eigenvalue weighted by molar-refractivity contribution is 0.216. The lowest BCUT2D eigenvalue weighted by Crippen LogP contribution is -2.61. The third-order valence-corrected chi connectivity index (χ3v) is 4.20. The highest BCUT2D eigenvalue weighted by molar-refractivity contribution is 5.45. The molecule has 1 saturated heterocycles. The molecule has 2 heterocycles. The first-order chi connectivity index (χ1) is 8.38. The minimum atomic E-state index is 0.381. The van der Waals surface area contributed by atoms with Gasteiger partial charge in [0.1, 0.15) is 0 Å². The monoisotopic (exact) mass is 231 g/mol. The summed E-state index contributed by atoms with van der Waals surface area (Å²) >= 11 is 0. The molecule has 0 radical (unpaired) electrons. The minimum absolute atomic E-state index is 0.381. The van der Waals surface area contributed by atoms with E-state index in [-0.39, 0.29) is 0 Å². The van der Waals surface area contributed by atoms with Crippen molar-refractivity contribution in [2.75, 3.05) is 24.5 Å². The predicted molar refractivity (Wildman–Crippen MR) is 70.3 cm³/mol. The Morgan fingerprint density at radius 3 is 2.88 bits per heavy atom. The fourth-order valence-corrected chi connectivity index (χ4v) is 3.28. The van der Waals surface area contributed by atoms with Crippen LogP contribution < -0.4 is 10.2 Å². The molecule has 1 aromatic rings. The summed E-state index contributed by atoms with van der Waals surface area (Å²) in [6.07, 6.45) is 10.7. The molecule has 3 heteroatoms. The highest BCUT2D eigenvalue weighted by atomic mass is 15.2. The number of pyridine rings is 1. The molecule has 0 atom stereocenters. The topological polar surface area (TPSA) is 28.2 Å². The third kappa shape index (κ3) is 2.29. The minimum Gasteiger partial charge on any atom is -0.367 e. The van der Waals surface area contributed by atoms with Crippen molar-refractivity contribution >= 4 is 5.69 Å². The van der Waals surface area contributed by atoms with E-state index in [1.54, 1.807) is 0 Å². The van der Waals surface area contributed by atoms with Gasteiger partial charge in [0.05, 0.1) is 11.9 Å². The van der Waals surface area contributed by atoms with Crippen molar-refractivity contribution in [1.82, 2.24) is 10.3 Å². The maximum absolute atomic E-state index is 4.23. The Morgan fingerprint density at radius 1 is 1.24 bits per heavy atom. The van der Waals surface area contributed by atoms with Gasteiger partial charge in [-0.05, 0) is 25.0 Å². The van der Waals surface area contributed by atoms with Gasteiger partial charge < -0.3 is 10.2 Å². The van der Waals surface area contributed by atoms with Crippen LogP contribution in [0.25, 0.3) is 0 Å². The zero-order valence-corrected chi connectivity index (χ0v) is 10.4. The van der Waals surface area contributed by atoms with E-state index in [9.17, 15) is 0 Å². The predicted octanol–water partition coefficient (Wildman–Crippen LogP) is 2.19. The molecule has 2 aliphatic rings. The van der Waals surface area contributed by atoms with Crippen LogP contribution in [-0.2, 0) is 0 Å². The van der Waals surface area contributed by atoms with Crippen LogP contribution in [0.15, 0.2) is 24.5 Å². The lowest BCUT2D eigenvalue weighted by atomic mass is 9.80. The van der Waals surface area contributed by atoms with E-state index in [0.717, 1.165) is 19.6 Å². The largest absolute Gasteiger partial charge is 0.367 e. The van der Waals surface area contributed by atoms with E-state index in [1.165, 1.54) is 37.8 Å². The summed E-state index contributed by atoms with van der Waals surface area (Å²) in [5, 5.41) is 3.77. The van der Waals surface area contributed by atoms with Crippen LogP contribution in [0.5, 0.6) is 0 Å². The molecule has 0 amide bonds. The van der Waals surface area contributed by atoms with Crippen molar-refractivity contribution in [2.24, 2.45) is 0 Å². The fraction of sp³-hybridized carbons (Fsp3) is 0.643. The molecule has 1 N–H and O–H groups in total. The molecule has 17 heavy (non-hydrogen) atoms. The van der Waals surface area contributed by atoms with Gasteiger partial charge in [0.15, 0.2) is 0 Å².